The summed E-state index contributed by atoms with van der Waals surface area (Å²) in [4.78, 5) is 4.03. The van der Waals surface area contributed by atoms with Crippen molar-refractivity contribution in [2.75, 3.05) is 0 Å². The Bertz CT molecular complexity index is 682. The Morgan fingerprint density at radius 2 is 1.58 bits per heavy atom. The van der Waals surface area contributed by atoms with Crippen molar-refractivity contribution in [1.82, 2.24) is 14.8 Å². The van der Waals surface area contributed by atoms with E-state index in [4.69, 9.17) is 0 Å². The summed E-state index contributed by atoms with van der Waals surface area (Å²) in [6.07, 6.45) is 5.60. The van der Waals surface area contributed by atoms with Gasteiger partial charge in [0.25, 0.3) is 0 Å². The van der Waals surface area contributed by atoms with Crippen LogP contribution < -0.4 is 0 Å². The van der Waals surface area contributed by atoms with Crippen LogP contribution in [0.5, 0.6) is 0 Å². The first-order chi connectivity index (χ1) is 9.24. The Balaban J connectivity index is 2.05. The van der Waals surface area contributed by atoms with E-state index in [1.807, 2.05) is 23.0 Å². The van der Waals surface area contributed by atoms with Crippen molar-refractivity contribution in [3.05, 3.63) is 66.1 Å². The standard InChI is InChI=1S/C16H15N3/c1-12-3-5-14(6-4-12)16-13(2)11-19(18-16)15-7-9-17-10-8-15/h3-11H,1-2H3. The van der Waals surface area contributed by atoms with Crippen molar-refractivity contribution < 1.29 is 0 Å². The molecule has 0 N–H and O–H groups in total. The first-order valence-corrected chi connectivity index (χ1v) is 6.28. The van der Waals surface area contributed by atoms with E-state index in [2.05, 4.69) is 48.2 Å². The zero-order chi connectivity index (χ0) is 13.2. The number of aryl methyl sites for hydroxylation is 2. The molecule has 19 heavy (non-hydrogen) atoms. The van der Waals surface area contributed by atoms with Gasteiger partial charge in [-0.3, -0.25) is 4.98 Å². The van der Waals surface area contributed by atoms with Gasteiger partial charge in [0.15, 0.2) is 0 Å². The highest BCUT2D eigenvalue weighted by Gasteiger charge is 2.08. The van der Waals surface area contributed by atoms with Crippen LogP contribution in [0.1, 0.15) is 11.1 Å². The normalized spacial score (nSPS) is 10.6. The second-order valence-electron chi connectivity index (χ2n) is 4.68. The molecule has 3 heteroatoms. The van der Waals surface area contributed by atoms with E-state index >= 15 is 0 Å². The summed E-state index contributed by atoms with van der Waals surface area (Å²) in [5, 5.41) is 4.67. The summed E-state index contributed by atoms with van der Waals surface area (Å²) in [7, 11) is 0. The average molecular weight is 249 g/mol. The molecule has 3 aromatic rings. The summed E-state index contributed by atoms with van der Waals surface area (Å²) >= 11 is 0. The fraction of sp³-hybridized carbons (Fsp3) is 0.125. The van der Waals surface area contributed by atoms with Crippen LogP contribution in [-0.4, -0.2) is 14.8 Å². The second-order valence-corrected chi connectivity index (χ2v) is 4.68. The molecule has 1 aromatic carbocycles. The lowest BCUT2D eigenvalue weighted by atomic mass is 10.1. The van der Waals surface area contributed by atoms with Gasteiger partial charge in [0.05, 0.1) is 11.4 Å². The van der Waals surface area contributed by atoms with Gasteiger partial charge in [-0.1, -0.05) is 29.8 Å². The first kappa shape index (κ1) is 11.7. The predicted octanol–water partition coefficient (Wildman–Crippen LogP) is 3.55. The van der Waals surface area contributed by atoms with E-state index in [0.29, 0.717) is 0 Å². The van der Waals surface area contributed by atoms with Gasteiger partial charge in [0.2, 0.25) is 0 Å². The predicted molar refractivity (Wildman–Crippen MR) is 76.3 cm³/mol. The topological polar surface area (TPSA) is 30.7 Å². The molecule has 0 spiro atoms. The van der Waals surface area contributed by atoms with Crippen LogP contribution in [0.4, 0.5) is 0 Å². The van der Waals surface area contributed by atoms with Crippen molar-refractivity contribution >= 4 is 0 Å². The molecule has 0 saturated heterocycles. The maximum Gasteiger partial charge on any atom is 0.0956 e. The van der Waals surface area contributed by atoms with Crippen LogP contribution in [0.15, 0.2) is 55.0 Å². The first-order valence-electron chi connectivity index (χ1n) is 6.28. The smallest absolute Gasteiger partial charge is 0.0956 e. The molecule has 2 heterocycles. The number of pyridine rings is 1. The summed E-state index contributed by atoms with van der Waals surface area (Å²) in [6.45, 7) is 4.17. The summed E-state index contributed by atoms with van der Waals surface area (Å²) < 4.78 is 1.90. The number of rotatable bonds is 2. The van der Waals surface area contributed by atoms with Crippen molar-refractivity contribution in [3.8, 4) is 16.9 Å². The largest absolute Gasteiger partial charge is 0.265 e. The Labute approximate surface area is 112 Å². The highest BCUT2D eigenvalue weighted by Crippen LogP contribution is 2.23. The van der Waals surface area contributed by atoms with Crippen molar-refractivity contribution in [3.63, 3.8) is 0 Å². The van der Waals surface area contributed by atoms with E-state index in [-0.39, 0.29) is 0 Å². The Kier molecular flexibility index (Phi) is 2.88. The third-order valence-corrected chi connectivity index (χ3v) is 3.15. The SMILES string of the molecule is Cc1ccc(-c2nn(-c3ccncc3)cc2C)cc1. The highest BCUT2D eigenvalue weighted by molar-refractivity contribution is 5.63. The second kappa shape index (κ2) is 4.69. The number of aromatic nitrogens is 3. The van der Waals surface area contributed by atoms with Crippen LogP contribution >= 0.6 is 0 Å². The van der Waals surface area contributed by atoms with Gasteiger partial charge in [0.1, 0.15) is 0 Å². The van der Waals surface area contributed by atoms with Crippen LogP contribution in [0, 0.1) is 13.8 Å². The minimum Gasteiger partial charge on any atom is -0.265 e. The molecule has 3 rings (SSSR count). The number of nitrogens with zero attached hydrogens (tertiary/aromatic N) is 3. The zero-order valence-corrected chi connectivity index (χ0v) is 11.0. The van der Waals surface area contributed by atoms with E-state index < -0.39 is 0 Å². The van der Waals surface area contributed by atoms with E-state index in [1.165, 1.54) is 11.1 Å². The quantitative estimate of drug-likeness (QED) is 0.695. The monoisotopic (exact) mass is 249 g/mol. The molecule has 0 unspecified atom stereocenters. The molecule has 0 amide bonds. The van der Waals surface area contributed by atoms with Gasteiger partial charge in [-0.15, -0.1) is 0 Å². The van der Waals surface area contributed by atoms with E-state index in [0.717, 1.165) is 16.9 Å². The molecule has 94 valence electrons. The van der Waals surface area contributed by atoms with Gasteiger partial charge >= 0.3 is 0 Å². The maximum atomic E-state index is 4.67. The molecule has 0 atom stereocenters. The molecule has 0 aliphatic rings. The van der Waals surface area contributed by atoms with Crippen molar-refractivity contribution in [1.29, 1.82) is 0 Å². The fourth-order valence-corrected chi connectivity index (χ4v) is 2.09. The Morgan fingerprint density at radius 1 is 0.895 bits per heavy atom. The zero-order valence-electron chi connectivity index (χ0n) is 11.0. The summed E-state index contributed by atoms with van der Waals surface area (Å²) in [5.41, 5.74) is 5.62. The molecular formula is C16H15N3. The highest BCUT2D eigenvalue weighted by atomic mass is 15.3. The minimum atomic E-state index is 1.02. The third kappa shape index (κ3) is 2.27. The lowest BCUT2D eigenvalue weighted by Crippen LogP contribution is -1.94. The van der Waals surface area contributed by atoms with Gasteiger partial charge in [-0.05, 0) is 31.5 Å². The third-order valence-electron chi connectivity index (χ3n) is 3.15. The molecule has 2 aromatic heterocycles. The molecule has 0 aliphatic carbocycles. The maximum absolute atomic E-state index is 4.67. The molecule has 0 bridgehead atoms. The minimum absolute atomic E-state index is 1.02. The van der Waals surface area contributed by atoms with Crippen LogP contribution in [0.3, 0.4) is 0 Å². The van der Waals surface area contributed by atoms with Crippen LogP contribution in [0.25, 0.3) is 16.9 Å². The molecule has 0 saturated carbocycles. The molecule has 3 nitrogen and oxygen atoms in total. The average Bonchev–Trinajstić information content (AvgIpc) is 2.83. The Morgan fingerprint density at radius 3 is 2.26 bits per heavy atom. The number of benzene rings is 1. The Hall–Kier alpha value is -2.42. The van der Waals surface area contributed by atoms with Gasteiger partial charge in [-0.2, -0.15) is 5.10 Å². The molecule has 0 aliphatic heterocycles. The van der Waals surface area contributed by atoms with Crippen molar-refractivity contribution in [2.45, 2.75) is 13.8 Å². The van der Waals surface area contributed by atoms with E-state index in [1.54, 1.807) is 12.4 Å². The summed E-state index contributed by atoms with van der Waals surface area (Å²) in [6, 6.07) is 12.3. The molecular weight excluding hydrogens is 234 g/mol. The number of hydrogen-bond donors (Lipinski definition) is 0. The van der Waals surface area contributed by atoms with Crippen LogP contribution in [0.2, 0.25) is 0 Å². The van der Waals surface area contributed by atoms with Crippen molar-refractivity contribution in [2.24, 2.45) is 0 Å². The summed E-state index contributed by atoms with van der Waals surface area (Å²) in [5.74, 6) is 0. The number of hydrogen-bond acceptors (Lipinski definition) is 2. The molecule has 0 fully saturated rings. The lowest BCUT2D eigenvalue weighted by molar-refractivity contribution is 0.881. The van der Waals surface area contributed by atoms with Gasteiger partial charge < -0.3 is 0 Å². The van der Waals surface area contributed by atoms with Gasteiger partial charge in [-0.25, -0.2) is 4.68 Å². The van der Waals surface area contributed by atoms with E-state index in [9.17, 15) is 0 Å². The van der Waals surface area contributed by atoms with Gasteiger partial charge in [0, 0.05) is 24.2 Å². The fourth-order valence-electron chi connectivity index (χ4n) is 2.09. The molecule has 0 radical (unpaired) electrons. The lowest BCUT2D eigenvalue weighted by Gasteiger charge is -2.00. The van der Waals surface area contributed by atoms with Crippen LogP contribution in [-0.2, 0) is 0 Å².